The highest BCUT2D eigenvalue weighted by atomic mass is 32.2. The van der Waals surface area contributed by atoms with Crippen LogP contribution < -0.4 is 10.6 Å². The molecule has 2 aromatic rings. The van der Waals surface area contributed by atoms with E-state index in [0.717, 1.165) is 11.1 Å². The number of carbonyl (C=O) groups excluding carboxylic acids is 2. The van der Waals surface area contributed by atoms with Crippen LogP contribution in [0.25, 0.3) is 11.5 Å². The number of ether oxygens (including phenoxy) is 1. The predicted molar refractivity (Wildman–Crippen MR) is 105 cm³/mol. The van der Waals surface area contributed by atoms with Gasteiger partial charge >= 0.3 is 12.0 Å². The Morgan fingerprint density at radius 3 is 2.79 bits per heavy atom. The van der Waals surface area contributed by atoms with Crippen molar-refractivity contribution in [1.29, 1.82) is 0 Å². The summed E-state index contributed by atoms with van der Waals surface area (Å²) in [6.45, 7) is 5.87. The van der Waals surface area contributed by atoms with E-state index < -0.39 is 12.0 Å². The van der Waals surface area contributed by atoms with E-state index in [1.54, 1.807) is 6.92 Å². The zero-order chi connectivity index (χ0) is 20.1. The highest BCUT2D eigenvalue weighted by Crippen LogP contribution is 2.28. The number of nitrogens with zero attached hydrogens (tertiary/aromatic N) is 2. The van der Waals surface area contributed by atoms with Crippen LogP contribution in [0.4, 0.5) is 4.79 Å². The SMILES string of the molecule is CCOC(=O)C1=C(CSc2nnc(-c3ccccc3C)o2)NC(=O)NC1CC. The molecule has 1 aromatic carbocycles. The van der Waals surface area contributed by atoms with Crippen molar-refractivity contribution in [2.24, 2.45) is 0 Å². The maximum Gasteiger partial charge on any atom is 0.337 e. The van der Waals surface area contributed by atoms with Gasteiger partial charge in [-0.1, -0.05) is 36.9 Å². The fourth-order valence-corrected chi connectivity index (χ4v) is 3.63. The van der Waals surface area contributed by atoms with Crippen LogP contribution in [0, 0.1) is 6.92 Å². The Hall–Kier alpha value is -2.81. The first-order valence-electron chi connectivity index (χ1n) is 9.03. The normalized spacial score (nSPS) is 16.5. The minimum atomic E-state index is -0.441. The number of esters is 1. The molecule has 0 fully saturated rings. The number of amides is 2. The number of carbonyl (C=O) groups is 2. The van der Waals surface area contributed by atoms with E-state index in [0.29, 0.717) is 34.6 Å². The summed E-state index contributed by atoms with van der Waals surface area (Å²) in [5, 5.41) is 14.0. The molecule has 0 bridgehead atoms. The van der Waals surface area contributed by atoms with E-state index in [2.05, 4.69) is 20.8 Å². The topological polar surface area (TPSA) is 106 Å². The van der Waals surface area contributed by atoms with Gasteiger partial charge in [-0.05, 0) is 31.9 Å². The van der Waals surface area contributed by atoms with E-state index >= 15 is 0 Å². The standard InChI is InChI=1S/C19H22N4O4S/c1-4-13-15(17(24)26-5-2)14(21-18(25)20-13)10-28-19-23-22-16(27-19)12-9-7-6-8-11(12)3/h6-9,13H,4-5,10H2,1-3H3,(H2,20,21,25). The van der Waals surface area contributed by atoms with E-state index in [-0.39, 0.29) is 12.6 Å². The van der Waals surface area contributed by atoms with Crippen molar-refractivity contribution >= 4 is 23.8 Å². The van der Waals surface area contributed by atoms with Crippen LogP contribution in [0.5, 0.6) is 0 Å². The first-order valence-corrected chi connectivity index (χ1v) is 10.0. The number of benzene rings is 1. The van der Waals surface area contributed by atoms with E-state index in [1.165, 1.54) is 11.8 Å². The van der Waals surface area contributed by atoms with Crippen molar-refractivity contribution in [2.75, 3.05) is 12.4 Å². The quantitative estimate of drug-likeness (QED) is 0.541. The Balaban J connectivity index is 1.80. The largest absolute Gasteiger partial charge is 0.463 e. The Bertz CT molecular complexity index is 909. The number of urea groups is 1. The zero-order valence-corrected chi connectivity index (χ0v) is 16.8. The summed E-state index contributed by atoms with van der Waals surface area (Å²) < 4.78 is 10.9. The molecule has 2 N–H and O–H groups in total. The van der Waals surface area contributed by atoms with Crippen LogP contribution >= 0.6 is 11.8 Å². The molecule has 0 saturated carbocycles. The van der Waals surface area contributed by atoms with Crippen molar-refractivity contribution in [1.82, 2.24) is 20.8 Å². The Morgan fingerprint density at radius 1 is 1.29 bits per heavy atom. The molecule has 2 amide bonds. The molecule has 9 heteroatoms. The zero-order valence-electron chi connectivity index (χ0n) is 15.9. The maximum atomic E-state index is 12.4. The number of rotatable bonds is 7. The Labute approximate surface area is 167 Å². The summed E-state index contributed by atoms with van der Waals surface area (Å²) >= 11 is 1.25. The molecular weight excluding hydrogens is 380 g/mol. The monoisotopic (exact) mass is 402 g/mol. The second-order valence-electron chi connectivity index (χ2n) is 6.15. The molecule has 1 atom stereocenters. The van der Waals surface area contributed by atoms with Crippen molar-refractivity contribution in [2.45, 2.75) is 38.5 Å². The first kappa shape index (κ1) is 19.9. The smallest absolute Gasteiger partial charge is 0.337 e. The van der Waals surface area contributed by atoms with Crippen LogP contribution in [0.2, 0.25) is 0 Å². The number of aryl methyl sites for hydroxylation is 1. The van der Waals surface area contributed by atoms with Crippen LogP contribution in [-0.2, 0) is 9.53 Å². The third-order valence-electron chi connectivity index (χ3n) is 4.27. The second-order valence-corrected chi connectivity index (χ2v) is 7.08. The van der Waals surface area contributed by atoms with Crippen molar-refractivity contribution in [3.8, 4) is 11.5 Å². The minimum absolute atomic E-state index is 0.260. The summed E-state index contributed by atoms with van der Waals surface area (Å²) in [6.07, 6.45) is 0.577. The van der Waals surface area contributed by atoms with Gasteiger partial charge in [-0.15, -0.1) is 10.2 Å². The lowest BCUT2D eigenvalue weighted by Gasteiger charge is -2.28. The van der Waals surface area contributed by atoms with Crippen LogP contribution in [0.3, 0.4) is 0 Å². The summed E-state index contributed by atoms with van der Waals surface area (Å²) in [7, 11) is 0. The third-order valence-corrected chi connectivity index (χ3v) is 5.11. The molecule has 8 nitrogen and oxygen atoms in total. The third kappa shape index (κ3) is 4.36. The van der Waals surface area contributed by atoms with Gasteiger partial charge in [-0.2, -0.15) is 0 Å². The van der Waals surface area contributed by atoms with E-state index in [4.69, 9.17) is 9.15 Å². The van der Waals surface area contributed by atoms with Crippen LogP contribution in [0.15, 0.2) is 45.2 Å². The van der Waals surface area contributed by atoms with Crippen LogP contribution in [-0.4, -0.2) is 40.6 Å². The fourth-order valence-electron chi connectivity index (χ4n) is 2.90. The lowest BCUT2D eigenvalue weighted by molar-refractivity contribution is -0.139. The second kappa shape index (κ2) is 8.92. The first-order chi connectivity index (χ1) is 13.5. The molecule has 0 saturated heterocycles. The summed E-state index contributed by atoms with van der Waals surface area (Å²) in [5.74, 6) is 0.289. The molecule has 28 heavy (non-hydrogen) atoms. The molecule has 0 aliphatic carbocycles. The van der Waals surface area contributed by atoms with Crippen molar-refractivity contribution < 1.29 is 18.7 Å². The number of nitrogens with one attached hydrogen (secondary N) is 2. The average molecular weight is 402 g/mol. The van der Waals surface area contributed by atoms with E-state index in [9.17, 15) is 9.59 Å². The van der Waals surface area contributed by atoms with Gasteiger partial charge in [0.05, 0.1) is 18.2 Å². The summed E-state index contributed by atoms with van der Waals surface area (Å²) in [4.78, 5) is 24.3. The number of thioether (sulfide) groups is 1. The van der Waals surface area contributed by atoms with Gasteiger partial charge in [0.15, 0.2) is 0 Å². The molecule has 2 heterocycles. The van der Waals surface area contributed by atoms with Gasteiger partial charge < -0.3 is 19.8 Å². The number of hydrogen-bond acceptors (Lipinski definition) is 7. The molecule has 0 radical (unpaired) electrons. The number of aromatic nitrogens is 2. The van der Waals surface area contributed by atoms with Crippen LogP contribution in [0.1, 0.15) is 25.8 Å². The molecule has 1 aliphatic rings. The summed E-state index contributed by atoms with van der Waals surface area (Å²) in [6, 6.07) is 6.99. The minimum Gasteiger partial charge on any atom is -0.463 e. The molecule has 0 spiro atoms. The Kier molecular flexibility index (Phi) is 6.35. The van der Waals surface area contributed by atoms with Gasteiger partial charge in [-0.25, -0.2) is 9.59 Å². The highest BCUT2D eigenvalue weighted by Gasteiger charge is 2.31. The van der Waals surface area contributed by atoms with E-state index in [1.807, 2.05) is 38.1 Å². The van der Waals surface area contributed by atoms with Crippen molar-refractivity contribution in [3.63, 3.8) is 0 Å². The van der Waals surface area contributed by atoms with Gasteiger partial charge in [0.1, 0.15) is 0 Å². The molecule has 1 aliphatic heterocycles. The molecule has 1 unspecified atom stereocenters. The van der Waals surface area contributed by atoms with Gasteiger partial charge in [0.25, 0.3) is 5.22 Å². The number of hydrogen-bond donors (Lipinski definition) is 2. The molecule has 148 valence electrons. The maximum absolute atomic E-state index is 12.4. The van der Waals surface area contributed by atoms with Gasteiger partial charge in [-0.3, -0.25) is 0 Å². The molecular formula is C19H22N4O4S. The molecule has 3 rings (SSSR count). The Morgan fingerprint density at radius 2 is 2.07 bits per heavy atom. The fraction of sp³-hybridized carbons (Fsp3) is 0.368. The lowest BCUT2D eigenvalue weighted by Crippen LogP contribution is -2.50. The van der Waals surface area contributed by atoms with Gasteiger partial charge in [0.2, 0.25) is 5.89 Å². The van der Waals surface area contributed by atoms with Crippen molar-refractivity contribution in [3.05, 3.63) is 41.1 Å². The summed E-state index contributed by atoms with van der Waals surface area (Å²) in [5.41, 5.74) is 2.82. The molecule has 1 aromatic heterocycles. The average Bonchev–Trinajstić information content (AvgIpc) is 3.15. The van der Waals surface area contributed by atoms with Gasteiger partial charge in [0, 0.05) is 17.0 Å². The predicted octanol–water partition coefficient (Wildman–Crippen LogP) is 3.05. The lowest BCUT2D eigenvalue weighted by atomic mass is 10.0. The highest BCUT2D eigenvalue weighted by molar-refractivity contribution is 7.99.